The van der Waals surface area contributed by atoms with E-state index in [1.807, 2.05) is 98.8 Å². The maximum absolute atomic E-state index is 11.1. The molecule has 0 amide bonds. The molecule has 2 atom stereocenters. The molecule has 0 bridgehead atoms. The van der Waals surface area contributed by atoms with Gasteiger partial charge in [-0.3, -0.25) is 4.79 Å². The highest BCUT2D eigenvalue weighted by molar-refractivity contribution is 6.10. The van der Waals surface area contributed by atoms with Crippen LogP contribution in [0, 0.1) is 0 Å². The van der Waals surface area contributed by atoms with Crippen LogP contribution in [0.2, 0.25) is 0 Å². The number of aromatic nitrogens is 1. The minimum atomic E-state index is -0.628. The SMILES string of the molecule is COC(=O)CCc1ccc(OCC(O)CNC(C)C)cc1.COc1ccccc1OCCNCC(O)COc1cccc2[nH]c3ccccc3c12. The fraction of sp³-hybridized carbons (Fsp3) is 0.375. The zero-order chi connectivity index (χ0) is 36.4. The number of hydrogen-bond donors (Lipinski definition) is 5. The summed E-state index contributed by atoms with van der Waals surface area (Å²) in [6, 6.07) is 29.4. The summed E-state index contributed by atoms with van der Waals surface area (Å²) in [4.78, 5) is 14.5. The van der Waals surface area contributed by atoms with Gasteiger partial charge in [0.05, 0.1) is 19.7 Å². The van der Waals surface area contributed by atoms with Crippen LogP contribution in [0.25, 0.3) is 21.8 Å². The van der Waals surface area contributed by atoms with Crippen LogP contribution in [0.3, 0.4) is 0 Å². The van der Waals surface area contributed by atoms with E-state index < -0.39 is 12.2 Å². The molecule has 11 nitrogen and oxygen atoms in total. The van der Waals surface area contributed by atoms with E-state index in [-0.39, 0.29) is 19.2 Å². The fourth-order valence-electron chi connectivity index (χ4n) is 5.20. The zero-order valence-corrected chi connectivity index (χ0v) is 29.9. The number of para-hydroxylation sites is 3. The maximum Gasteiger partial charge on any atom is 0.305 e. The summed E-state index contributed by atoms with van der Waals surface area (Å²) in [5.41, 5.74) is 3.14. The topological polar surface area (TPSA) is 144 Å². The van der Waals surface area contributed by atoms with Crippen molar-refractivity contribution in [1.29, 1.82) is 0 Å². The van der Waals surface area contributed by atoms with Gasteiger partial charge in [0.15, 0.2) is 11.5 Å². The Morgan fingerprint density at radius 1 is 0.745 bits per heavy atom. The van der Waals surface area contributed by atoms with E-state index in [2.05, 4.69) is 26.4 Å². The smallest absolute Gasteiger partial charge is 0.305 e. The summed E-state index contributed by atoms with van der Waals surface area (Å²) in [7, 11) is 3.01. The van der Waals surface area contributed by atoms with Crippen LogP contribution < -0.4 is 29.6 Å². The second kappa shape index (κ2) is 20.8. The van der Waals surface area contributed by atoms with Crippen LogP contribution in [-0.2, 0) is 16.0 Å². The Morgan fingerprint density at radius 3 is 2.16 bits per heavy atom. The number of methoxy groups -OCH3 is 2. The number of aryl methyl sites for hydroxylation is 1. The van der Waals surface area contributed by atoms with Gasteiger partial charge in [-0.2, -0.15) is 0 Å². The van der Waals surface area contributed by atoms with Crippen LogP contribution in [0.4, 0.5) is 0 Å². The molecule has 0 fully saturated rings. The summed E-state index contributed by atoms with van der Waals surface area (Å²) >= 11 is 0. The minimum absolute atomic E-state index is 0.207. The third kappa shape index (κ3) is 12.8. The Morgan fingerprint density at radius 2 is 1.41 bits per heavy atom. The van der Waals surface area contributed by atoms with Gasteiger partial charge in [0.1, 0.15) is 43.5 Å². The van der Waals surface area contributed by atoms with E-state index in [1.165, 1.54) is 7.11 Å². The highest BCUT2D eigenvalue weighted by Gasteiger charge is 2.12. The van der Waals surface area contributed by atoms with E-state index in [9.17, 15) is 15.0 Å². The average Bonchev–Trinajstić information content (AvgIpc) is 3.54. The van der Waals surface area contributed by atoms with E-state index in [1.54, 1.807) is 7.11 Å². The molecule has 1 heterocycles. The van der Waals surface area contributed by atoms with Crippen molar-refractivity contribution in [3.05, 3.63) is 96.6 Å². The first-order chi connectivity index (χ1) is 24.8. The van der Waals surface area contributed by atoms with Gasteiger partial charge >= 0.3 is 5.97 Å². The highest BCUT2D eigenvalue weighted by Crippen LogP contribution is 2.33. The Labute approximate surface area is 299 Å². The van der Waals surface area contributed by atoms with Crippen molar-refractivity contribution >= 4 is 27.8 Å². The van der Waals surface area contributed by atoms with Crippen molar-refractivity contribution in [3.63, 3.8) is 0 Å². The standard InChI is InChI=1S/C24H26N2O4.C16H25NO4/c1-28-21-10-4-5-11-22(21)29-14-13-25-15-17(27)16-30-23-12-6-9-20-24(23)18-7-2-3-8-19(18)26-20;1-12(2)17-10-14(18)11-21-15-7-4-13(5-8-15)6-9-16(19)20-3/h2-12,17,25-27H,13-16H2,1H3;4-5,7-8,12,14,17-18H,6,9-11H2,1-3H3. The lowest BCUT2D eigenvalue weighted by Crippen LogP contribution is -2.35. The maximum atomic E-state index is 11.1. The number of carbonyl (C=O) groups excluding carboxylic acids is 1. The van der Waals surface area contributed by atoms with Crippen molar-refractivity contribution in [2.24, 2.45) is 0 Å². The molecule has 0 aliphatic carbocycles. The lowest BCUT2D eigenvalue weighted by Gasteiger charge is -2.15. The fourth-order valence-corrected chi connectivity index (χ4v) is 5.20. The van der Waals surface area contributed by atoms with Crippen LogP contribution in [0.1, 0.15) is 25.8 Å². The second-order valence-electron chi connectivity index (χ2n) is 12.3. The monoisotopic (exact) mass is 701 g/mol. The Balaban J connectivity index is 0.000000245. The lowest BCUT2D eigenvalue weighted by atomic mass is 10.1. The van der Waals surface area contributed by atoms with Crippen LogP contribution in [0.5, 0.6) is 23.0 Å². The van der Waals surface area contributed by atoms with Gasteiger partial charge in [0.25, 0.3) is 0 Å². The Hall–Kier alpha value is -4.81. The molecule has 274 valence electrons. The number of nitrogens with one attached hydrogen (secondary N) is 3. The molecule has 5 N–H and O–H groups in total. The third-order valence-electron chi connectivity index (χ3n) is 7.88. The number of H-pyrrole nitrogens is 1. The van der Waals surface area contributed by atoms with Gasteiger partial charge in [-0.25, -0.2) is 0 Å². The van der Waals surface area contributed by atoms with Crippen LogP contribution >= 0.6 is 0 Å². The number of ether oxygens (including phenoxy) is 5. The summed E-state index contributed by atoms with van der Waals surface area (Å²) in [6.07, 6.45) is -0.146. The highest BCUT2D eigenvalue weighted by atomic mass is 16.5. The molecule has 51 heavy (non-hydrogen) atoms. The summed E-state index contributed by atoms with van der Waals surface area (Å²) in [5, 5.41) is 28.5. The third-order valence-corrected chi connectivity index (χ3v) is 7.88. The van der Waals surface area contributed by atoms with Crippen LogP contribution in [-0.4, -0.2) is 93.1 Å². The zero-order valence-electron chi connectivity index (χ0n) is 29.9. The van der Waals surface area contributed by atoms with E-state index in [4.69, 9.17) is 18.9 Å². The molecule has 11 heteroatoms. The number of rotatable bonds is 19. The molecule has 0 radical (unpaired) electrons. The normalized spacial score (nSPS) is 12.2. The quantitative estimate of drug-likeness (QED) is 0.0571. The number of benzene rings is 4. The lowest BCUT2D eigenvalue weighted by molar-refractivity contribution is -0.140. The number of fused-ring (bicyclic) bond motifs is 3. The van der Waals surface area contributed by atoms with E-state index in [0.29, 0.717) is 62.4 Å². The van der Waals surface area contributed by atoms with Crippen LogP contribution in [0.15, 0.2) is 91.0 Å². The van der Waals surface area contributed by atoms with E-state index >= 15 is 0 Å². The Bertz CT molecular complexity index is 1760. The molecular formula is C40H51N3O8. The number of carbonyl (C=O) groups is 1. The molecular weight excluding hydrogens is 650 g/mol. The number of hydrogen-bond acceptors (Lipinski definition) is 10. The van der Waals surface area contributed by atoms with Crippen molar-refractivity contribution in [2.75, 3.05) is 53.7 Å². The van der Waals surface area contributed by atoms with Gasteiger partial charge in [-0.05, 0) is 54.4 Å². The molecule has 0 saturated heterocycles. The molecule has 0 aliphatic heterocycles. The first-order valence-corrected chi connectivity index (χ1v) is 17.2. The van der Waals surface area contributed by atoms with Crippen molar-refractivity contribution < 1.29 is 38.7 Å². The van der Waals surface area contributed by atoms with Crippen molar-refractivity contribution in [3.8, 4) is 23.0 Å². The second-order valence-corrected chi connectivity index (χ2v) is 12.3. The van der Waals surface area contributed by atoms with Gasteiger partial charge in [0, 0.05) is 48.4 Å². The molecule has 2 unspecified atom stereocenters. The van der Waals surface area contributed by atoms with Gasteiger partial charge in [-0.15, -0.1) is 0 Å². The first kappa shape index (κ1) is 39.0. The average molecular weight is 702 g/mol. The summed E-state index contributed by atoms with van der Waals surface area (Å²) in [6.45, 7) is 6.52. The molecule has 5 aromatic rings. The number of esters is 1. The summed E-state index contributed by atoms with van der Waals surface area (Å²) in [5.74, 6) is 2.68. The van der Waals surface area contributed by atoms with E-state index in [0.717, 1.165) is 33.1 Å². The van der Waals surface area contributed by atoms with Gasteiger partial charge < -0.3 is 49.5 Å². The predicted molar refractivity (Wildman–Crippen MR) is 200 cm³/mol. The molecule has 4 aromatic carbocycles. The minimum Gasteiger partial charge on any atom is -0.493 e. The largest absolute Gasteiger partial charge is 0.493 e. The first-order valence-electron chi connectivity index (χ1n) is 17.2. The van der Waals surface area contributed by atoms with Crippen molar-refractivity contribution in [2.45, 2.75) is 44.9 Å². The predicted octanol–water partition coefficient (Wildman–Crippen LogP) is 5.27. The number of aliphatic hydroxyl groups excluding tert-OH is 2. The number of aromatic amines is 1. The number of aliphatic hydroxyl groups is 2. The van der Waals surface area contributed by atoms with Crippen molar-refractivity contribution in [1.82, 2.24) is 15.6 Å². The van der Waals surface area contributed by atoms with Gasteiger partial charge in [0.2, 0.25) is 0 Å². The Kier molecular flexibility index (Phi) is 15.9. The molecule has 0 saturated carbocycles. The molecule has 1 aromatic heterocycles. The molecule has 0 aliphatic rings. The summed E-state index contributed by atoms with van der Waals surface area (Å²) < 4.78 is 27.0. The molecule has 0 spiro atoms. The van der Waals surface area contributed by atoms with Gasteiger partial charge in [-0.1, -0.05) is 62.4 Å². The molecule has 5 rings (SSSR count).